The number of nitrogens with one attached hydrogen (secondary N) is 1. The number of nitriles is 1. The van der Waals surface area contributed by atoms with Gasteiger partial charge in [-0.15, -0.1) is 0 Å². The maximum absolute atomic E-state index is 13.2. The molecule has 0 aromatic carbocycles. The minimum atomic E-state index is -0.951. The Kier molecular flexibility index (Phi) is 6.36. The third-order valence-corrected chi connectivity index (χ3v) is 9.04. The zero-order valence-electron chi connectivity index (χ0n) is 20.9. The highest BCUT2D eigenvalue weighted by Crippen LogP contribution is 2.61. The Morgan fingerprint density at radius 2 is 1.78 bits per heavy atom. The first kappa shape index (κ1) is 24.0. The summed E-state index contributed by atoms with van der Waals surface area (Å²) in [4.78, 5) is 45.6. The van der Waals surface area contributed by atoms with Crippen LogP contribution < -0.4 is 10.4 Å². The molecule has 0 atom stereocenters. The fraction of sp³-hybridized carbons (Fsp3) is 0.769. The van der Waals surface area contributed by atoms with E-state index in [1.165, 1.54) is 12.6 Å². The number of hydrazine groups is 1. The molecule has 7 rings (SSSR count). The minimum Gasteiger partial charge on any atom is -0.273 e. The van der Waals surface area contributed by atoms with Gasteiger partial charge < -0.3 is 0 Å². The summed E-state index contributed by atoms with van der Waals surface area (Å²) in [6, 6.07) is 3.65. The summed E-state index contributed by atoms with van der Waals surface area (Å²) in [5, 5.41) is 10.9. The van der Waals surface area contributed by atoms with Crippen LogP contribution in [-0.2, 0) is 24.3 Å². The molecule has 5 saturated carbocycles. The first-order valence-electron chi connectivity index (χ1n) is 13.6. The van der Waals surface area contributed by atoms with Crippen molar-refractivity contribution in [1.29, 1.82) is 5.26 Å². The van der Waals surface area contributed by atoms with Gasteiger partial charge in [0, 0.05) is 49.4 Å². The normalized spacial score (nSPS) is 38.7. The van der Waals surface area contributed by atoms with E-state index in [1.807, 2.05) is 6.07 Å². The van der Waals surface area contributed by atoms with Crippen LogP contribution in [0.2, 0.25) is 0 Å². The molecule has 0 radical (unpaired) electrons. The SMILES string of the molecule is CCCCN(NC(=O)C1CCC2(CC1)OOC1(OO2)C2CC3CC(C2)CC1C3)c1ccnc(C#N)n1. The van der Waals surface area contributed by atoms with Crippen molar-refractivity contribution in [3.8, 4) is 6.07 Å². The van der Waals surface area contributed by atoms with E-state index in [9.17, 15) is 4.79 Å². The van der Waals surface area contributed by atoms with Gasteiger partial charge in [0.05, 0.1) is 0 Å². The Balaban J connectivity index is 1.05. The number of anilines is 1. The van der Waals surface area contributed by atoms with E-state index >= 15 is 0 Å². The number of nitrogens with zero attached hydrogens (tertiary/aromatic N) is 4. The monoisotopic (exact) mass is 497 g/mol. The van der Waals surface area contributed by atoms with E-state index in [0.717, 1.165) is 50.4 Å². The molecule has 10 heteroatoms. The molecule has 5 aliphatic carbocycles. The van der Waals surface area contributed by atoms with Crippen LogP contribution >= 0.6 is 0 Å². The summed E-state index contributed by atoms with van der Waals surface area (Å²) in [5.74, 6) is 0.871. The Hall–Kier alpha value is -2.32. The van der Waals surface area contributed by atoms with Gasteiger partial charge >= 0.3 is 0 Å². The average Bonchev–Trinajstić information content (AvgIpc) is 2.91. The molecule has 1 aliphatic heterocycles. The lowest BCUT2D eigenvalue weighted by Gasteiger charge is -2.60. The van der Waals surface area contributed by atoms with Crippen molar-refractivity contribution >= 4 is 11.7 Å². The molecule has 194 valence electrons. The molecule has 6 fully saturated rings. The number of unbranched alkanes of at least 4 members (excludes halogenated alkanes) is 1. The third kappa shape index (κ3) is 4.26. The second-order valence-electron chi connectivity index (χ2n) is 11.4. The van der Waals surface area contributed by atoms with Gasteiger partial charge in [-0.2, -0.15) is 29.8 Å². The molecule has 1 aromatic rings. The quantitative estimate of drug-likeness (QED) is 0.460. The lowest BCUT2D eigenvalue weighted by molar-refractivity contribution is -0.680. The highest BCUT2D eigenvalue weighted by molar-refractivity contribution is 5.80. The van der Waals surface area contributed by atoms with Gasteiger partial charge in [-0.1, -0.05) is 13.3 Å². The Labute approximate surface area is 211 Å². The van der Waals surface area contributed by atoms with E-state index < -0.39 is 11.6 Å². The molecule has 1 amide bonds. The number of aromatic nitrogens is 2. The van der Waals surface area contributed by atoms with E-state index in [0.29, 0.717) is 49.9 Å². The summed E-state index contributed by atoms with van der Waals surface area (Å²) < 4.78 is 0. The standard InChI is InChI=1S/C26H35N5O5/c1-2-3-10-31(23-6-9-28-22(16-27)29-23)30-24(32)19-4-7-25(8-5-19)33-35-26(36-34-25)20-12-17-11-18(14-20)15-21(26)13-17/h6,9,17-21H,2-5,7-8,10-15H2,1H3,(H,30,32). The van der Waals surface area contributed by atoms with Crippen molar-refractivity contribution in [3.63, 3.8) is 0 Å². The molecule has 2 spiro atoms. The van der Waals surface area contributed by atoms with Crippen LogP contribution in [-0.4, -0.2) is 34.0 Å². The maximum Gasteiger partial charge on any atom is 0.241 e. The van der Waals surface area contributed by atoms with Crippen LogP contribution in [0.3, 0.4) is 0 Å². The zero-order valence-corrected chi connectivity index (χ0v) is 20.9. The second kappa shape index (κ2) is 9.53. The maximum atomic E-state index is 13.2. The van der Waals surface area contributed by atoms with Crippen LogP contribution in [0, 0.1) is 40.9 Å². The molecule has 36 heavy (non-hydrogen) atoms. The Morgan fingerprint density at radius 3 is 2.39 bits per heavy atom. The second-order valence-corrected chi connectivity index (χ2v) is 11.4. The van der Waals surface area contributed by atoms with Crippen molar-refractivity contribution in [1.82, 2.24) is 15.4 Å². The predicted octanol–water partition coefficient (Wildman–Crippen LogP) is 3.93. The third-order valence-electron chi connectivity index (χ3n) is 9.04. The number of hydrogen-bond acceptors (Lipinski definition) is 9. The molecule has 10 nitrogen and oxygen atoms in total. The molecular weight excluding hydrogens is 462 g/mol. The fourth-order valence-electron chi connectivity index (χ4n) is 7.23. The van der Waals surface area contributed by atoms with E-state index in [2.05, 4.69) is 22.3 Å². The smallest absolute Gasteiger partial charge is 0.241 e. The van der Waals surface area contributed by atoms with E-state index in [-0.39, 0.29) is 17.6 Å². The van der Waals surface area contributed by atoms with Crippen LogP contribution in [0.5, 0.6) is 0 Å². The summed E-state index contributed by atoms with van der Waals surface area (Å²) in [6.45, 7) is 2.68. The van der Waals surface area contributed by atoms with Crippen molar-refractivity contribution in [3.05, 3.63) is 18.1 Å². The number of carbonyl (C=O) groups excluding carboxylic acids is 1. The number of amides is 1. The molecule has 4 bridgehead atoms. The van der Waals surface area contributed by atoms with Gasteiger partial charge in [-0.25, -0.2) is 4.98 Å². The Morgan fingerprint density at radius 1 is 1.11 bits per heavy atom. The van der Waals surface area contributed by atoms with Crippen LogP contribution in [0.1, 0.15) is 83.4 Å². The highest BCUT2D eigenvalue weighted by Gasteiger charge is 2.64. The van der Waals surface area contributed by atoms with Gasteiger partial charge in [0.1, 0.15) is 6.07 Å². The first-order chi connectivity index (χ1) is 17.5. The summed E-state index contributed by atoms with van der Waals surface area (Å²) in [6.07, 6.45) is 11.5. The van der Waals surface area contributed by atoms with Gasteiger partial charge in [0.2, 0.25) is 23.3 Å². The molecule has 2 heterocycles. The number of carbonyl (C=O) groups is 1. The lowest BCUT2D eigenvalue weighted by Crippen LogP contribution is -2.64. The minimum absolute atomic E-state index is 0.0753. The fourth-order valence-corrected chi connectivity index (χ4v) is 7.23. The topological polar surface area (TPSA) is 119 Å². The van der Waals surface area contributed by atoms with Crippen molar-refractivity contribution < 1.29 is 24.3 Å². The van der Waals surface area contributed by atoms with E-state index in [4.69, 9.17) is 24.8 Å². The molecule has 0 unspecified atom stereocenters. The van der Waals surface area contributed by atoms with Crippen molar-refractivity contribution in [2.45, 2.75) is 89.1 Å². The van der Waals surface area contributed by atoms with Crippen molar-refractivity contribution in [2.75, 3.05) is 11.6 Å². The Bertz CT molecular complexity index is 980. The number of hydrogen-bond donors (Lipinski definition) is 1. The summed E-state index contributed by atoms with van der Waals surface area (Å²) in [5.41, 5.74) is 3.01. The lowest BCUT2D eigenvalue weighted by atomic mass is 9.53. The van der Waals surface area contributed by atoms with Gasteiger partial charge in [0.15, 0.2) is 5.82 Å². The van der Waals surface area contributed by atoms with E-state index in [1.54, 1.807) is 11.1 Å². The van der Waals surface area contributed by atoms with Gasteiger partial charge in [0.25, 0.3) is 0 Å². The van der Waals surface area contributed by atoms with Gasteiger partial charge in [-0.3, -0.25) is 15.2 Å². The summed E-state index contributed by atoms with van der Waals surface area (Å²) >= 11 is 0. The summed E-state index contributed by atoms with van der Waals surface area (Å²) in [7, 11) is 0. The largest absolute Gasteiger partial charge is 0.273 e. The molecule has 6 aliphatic rings. The van der Waals surface area contributed by atoms with Crippen LogP contribution in [0.25, 0.3) is 0 Å². The molecule has 1 saturated heterocycles. The molecule has 1 aromatic heterocycles. The zero-order chi connectivity index (χ0) is 24.8. The number of rotatable bonds is 6. The molecule has 1 N–H and O–H groups in total. The van der Waals surface area contributed by atoms with Crippen LogP contribution in [0.4, 0.5) is 5.82 Å². The van der Waals surface area contributed by atoms with Gasteiger partial charge in [-0.05, 0) is 63.2 Å². The highest BCUT2D eigenvalue weighted by atomic mass is 17.4. The van der Waals surface area contributed by atoms with Crippen molar-refractivity contribution in [2.24, 2.45) is 29.6 Å². The average molecular weight is 498 g/mol. The molecular formula is C26H35N5O5. The first-order valence-corrected chi connectivity index (χ1v) is 13.6. The van der Waals surface area contributed by atoms with Crippen LogP contribution in [0.15, 0.2) is 12.3 Å². The predicted molar refractivity (Wildman–Crippen MR) is 126 cm³/mol.